The summed E-state index contributed by atoms with van der Waals surface area (Å²) >= 11 is 0. The monoisotopic (exact) mass is 402 g/mol. The van der Waals surface area contributed by atoms with Gasteiger partial charge in [0.2, 0.25) is 0 Å². The van der Waals surface area contributed by atoms with Gasteiger partial charge in [-0.2, -0.15) is 43.9 Å². The van der Waals surface area contributed by atoms with Crippen molar-refractivity contribution in [3.8, 4) is 0 Å². The standard InChI is InChI=1S/C12H14F12O/c1-5(2)7(13,9(15,16)17)11(21,22)25-12(23,24)8(14,6(3)4)10(18,19)20/h5-6H,1-4H3. The van der Waals surface area contributed by atoms with E-state index in [-0.39, 0.29) is 27.7 Å². The molecule has 0 amide bonds. The van der Waals surface area contributed by atoms with Crippen molar-refractivity contribution < 1.29 is 57.4 Å². The van der Waals surface area contributed by atoms with Crippen LogP contribution in [-0.4, -0.2) is 35.9 Å². The molecule has 0 radical (unpaired) electrons. The van der Waals surface area contributed by atoms with Gasteiger partial charge < -0.3 is 0 Å². The number of hydrogen-bond donors (Lipinski definition) is 0. The van der Waals surface area contributed by atoms with Crippen LogP contribution in [-0.2, 0) is 4.74 Å². The fourth-order valence-corrected chi connectivity index (χ4v) is 1.97. The summed E-state index contributed by atoms with van der Waals surface area (Å²) in [5.74, 6) is -5.51. The van der Waals surface area contributed by atoms with Crippen LogP contribution in [0.3, 0.4) is 0 Å². The van der Waals surface area contributed by atoms with Crippen LogP contribution in [0.2, 0.25) is 0 Å². The molecule has 152 valence electrons. The Morgan fingerprint density at radius 2 is 0.680 bits per heavy atom. The zero-order valence-electron chi connectivity index (χ0n) is 13.1. The lowest BCUT2D eigenvalue weighted by atomic mass is 9.88. The molecule has 0 aliphatic rings. The van der Waals surface area contributed by atoms with Crippen LogP contribution in [0.15, 0.2) is 0 Å². The first-order valence-electron chi connectivity index (χ1n) is 6.56. The van der Waals surface area contributed by atoms with Gasteiger partial charge in [-0.25, -0.2) is 13.5 Å². The van der Waals surface area contributed by atoms with E-state index in [4.69, 9.17) is 0 Å². The lowest BCUT2D eigenvalue weighted by molar-refractivity contribution is -0.490. The average Bonchev–Trinajstić information content (AvgIpc) is 2.31. The lowest BCUT2D eigenvalue weighted by Gasteiger charge is -2.42. The molecule has 0 aromatic heterocycles. The minimum absolute atomic E-state index is 0.206. The van der Waals surface area contributed by atoms with Crippen molar-refractivity contribution in [2.45, 2.75) is 63.6 Å². The van der Waals surface area contributed by atoms with Gasteiger partial charge in [0.1, 0.15) is 0 Å². The number of ether oxygens (including phenoxy) is 1. The summed E-state index contributed by atoms with van der Waals surface area (Å²) in [5.41, 5.74) is -11.6. The maximum Gasteiger partial charge on any atom is 0.431 e. The fraction of sp³-hybridized carbons (Fsp3) is 1.00. The van der Waals surface area contributed by atoms with Crippen LogP contribution in [0, 0.1) is 11.8 Å². The van der Waals surface area contributed by atoms with Gasteiger partial charge in [0.25, 0.3) is 11.3 Å². The molecule has 0 fully saturated rings. The number of halogens is 12. The fourth-order valence-electron chi connectivity index (χ4n) is 1.97. The van der Waals surface area contributed by atoms with Crippen LogP contribution in [0.25, 0.3) is 0 Å². The van der Waals surface area contributed by atoms with Crippen molar-refractivity contribution in [3.63, 3.8) is 0 Å². The zero-order valence-corrected chi connectivity index (χ0v) is 13.1. The molecule has 2 unspecified atom stereocenters. The Hall–Kier alpha value is -0.880. The van der Waals surface area contributed by atoms with Gasteiger partial charge in [0.05, 0.1) is 0 Å². The molecule has 0 aromatic rings. The van der Waals surface area contributed by atoms with E-state index >= 15 is 0 Å². The second-order valence-electron chi connectivity index (χ2n) is 5.86. The highest BCUT2D eigenvalue weighted by molar-refractivity contribution is 5.02. The van der Waals surface area contributed by atoms with Crippen LogP contribution in [0.1, 0.15) is 27.7 Å². The smallest absolute Gasteiger partial charge is 0.250 e. The average molecular weight is 402 g/mol. The van der Waals surface area contributed by atoms with E-state index in [0.717, 1.165) is 0 Å². The Bertz CT molecular complexity index is 424. The molecular weight excluding hydrogens is 388 g/mol. The lowest BCUT2D eigenvalue weighted by Crippen LogP contribution is -2.67. The summed E-state index contributed by atoms with van der Waals surface area (Å²) in [6, 6.07) is 0. The summed E-state index contributed by atoms with van der Waals surface area (Å²) in [5, 5.41) is 0. The van der Waals surface area contributed by atoms with E-state index < -0.39 is 47.7 Å². The molecule has 0 saturated heterocycles. The summed E-state index contributed by atoms with van der Waals surface area (Å²) < 4.78 is 160. The SMILES string of the molecule is CC(C)C(F)(C(F)(F)F)C(F)(F)OC(F)(F)C(F)(C(C)C)C(F)(F)F. The first-order valence-corrected chi connectivity index (χ1v) is 6.56. The second-order valence-corrected chi connectivity index (χ2v) is 5.86. The van der Waals surface area contributed by atoms with E-state index in [1.165, 1.54) is 0 Å². The van der Waals surface area contributed by atoms with Crippen LogP contribution in [0.5, 0.6) is 0 Å². The third-order valence-electron chi connectivity index (χ3n) is 3.52. The predicted molar refractivity (Wildman–Crippen MR) is 60.4 cm³/mol. The summed E-state index contributed by atoms with van der Waals surface area (Å²) in [6.07, 6.45) is -26.1. The molecule has 0 rings (SSSR count). The largest absolute Gasteiger partial charge is 0.431 e. The minimum Gasteiger partial charge on any atom is -0.250 e. The Morgan fingerprint density at radius 1 is 0.480 bits per heavy atom. The zero-order chi connectivity index (χ0) is 20.9. The maximum absolute atomic E-state index is 13.9. The van der Waals surface area contributed by atoms with Gasteiger partial charge in [0, 0.05) is 11.8 Å². The van der Waals surface area contributed by atoms with Crippen molar-refractivity contribution in [2.24, 2.45) is 11.8 Å². The van der Waals surface area contributed by atoms with E-state index in [1.807, 2.05) is 0 Å². The Kier molecular flexibility index (Phi) is 6.15. The summed E-state index contributed by atoms with van der Waals surface area (Å²) in [4.78, 5) is 0. The molecule has 0 heterocycles. The Labute approximate surface area is 134 Å². The summed E-state index contributed by atoms with van der Waals surface area (Å²) in [7, 11) is 0. The first-order chi connectivity index (χ1) is 10.6. The third-order valence-corrected chi connectivity index (χ3v) is 3.52. The molecule has 0 saturated carbocycles. The van der Waals surface area contributed by atoms with Crippen molar-refractivity contribution in [3.05, 3.63) is 0 Å². The van der Waals surface area contributed by atoms with E-state index in [2.05, 4.69) is 4.74 Å². The Morgan fingerprint density at radius 3 is 0.800 bits per heavy atom. The topological polar surface area (TPSA) is 9.23 Å². The van der Waals surface area contributed by atoms with Gasteiger partial charge in [-0.05, 0) is 0 Å². The number of hydrogen-bond acceptors (Lipinski definition) is 1. The van der Waals surface area contributed by atoms with E-state index in [9.17, 15) is 52.7 Å². The van der Waals surface area contributed by atoms with Crippen LogP contribution >= 0.6 is 0 Å². The van der Waals surface area contributed by atoms with Crippen LogP contribution < -0.4 is 0 Å². The second kappa shape index (κ2) is 6.38. The van der Waals surface area contributed by atoms with Gasteiger partial charge in [-0.15, -0.1) is 0 Å². The summed E-state index contributed by atoms with van der Waals surface area (Å²) in [6.45, 7) is 0.825. The molecule has 0 aliphatic heterocycles. The Balaban J connectivity index is 6.26. The number of rotatable bonds is 6. The molecule has 0 aromatic carbocycles. The minimum atomic E-state index is -6.53. The molecule has 1 nitrogen and oxygen atoms in total. The van der Waals surface area contributed by atoms with Gasteiger partial charge >= 0.3 is 24.6 Å². The van der Waals surface area contributed by atoms with Gasteiger partial charge in [-0.1, -0.05) is 27.7 Å². The highest BCUT2D eigenvalue weighted by Crippen LogP contribution is 2.56. The molecule has 13 heteroatoms. The molecular formula is C12H14F12O. The molecule has 25 heavy (non-hydrogen) atoms. The van der Waals surface area contributed by atoms with E-state index in [0.29, 0.717) is 0 Å². The molecule has 0 N–H and O–H groups in total. The van der Waals surface area contributed by atoms with Crippen molar-refractivity contribution >= 4 is 0 Å². The number of alkyl halides is 12. The van der Waals surface area contributed by atoms with E-state index in [1.54, 1.807) is 0 Å². The highest BCUT2D eigenvalue weighted by atomic mass is 19.4. The molecule has 2 atom stereocenters. The predicted octanol–water partition coefficient (Wildman–Crippen LogP) is 6.04. The van der Waals surface area contributed by atoms with Gasteiger partial charge in [0.15, 0.2) is 0 Å². The quantitative estimate of drug-likeness (QED) is 0.492. The normalized spacial score (nSPS) is 19.9. The molecule has 0 aliphatic carbocycles. The maximum atomic E-state index is 13.9. The molecule has 0 spiro atoms. The van der Waals surface area contributed by atoms with Crippen molar-refractivity contribution in [1.29, 1.82) is 0 Å². The van der Waals surface area contributed by atoms with Gasteiger partial charge in [-0.3, -0.25) is 0 Å². The molecule has 0 bridgehead atoms. The van der Waals surface area contributed by atoms with Crippen molar-refractivity contribution in [1.82, 2.24) is 0 Å². The highest BCUT2D eigenvalue weighted by Gasteiger charge is 2.81. The van der Waals surface area contributed by atoms with Crippen LogP contribution in [0.4, 0.5) is 52.7 Å². The third kappa shape index (κ3) is 3.65. The van der Waals surface area contributed by atoms with Crippen molar-refractivity contribution in [2.75, 3.05) is 0 Å². The first kappa shape index (κ1) is 24.1.